The summed E-state index contributed by atoms with van der Waals surface area (Å²) in [6.07, 6.45) is -1.29. The lowest BCUT2D eigenvalue weighted by atomic mass is 10.2. The Morgan fingerprint density at radius 2 is 1.76 bits per heavy atom. The molecule has 2 aromatic carbocycles. The summed E-state index contributed by atoms with van der Waals surface area (Å²) < 4.78 is 32.0. The number of thioether (sulfide) groups is 1. The summed E-state index contributed by atoms with van der Waals surface area (Å²) in [7, 11) is -3.64. The van der Waals surface area contributed by atoms with E-state index in [1.807, 2.05) is 18.2 Å². The number of hydrogen-bond donors (Lipinski definition) is 3. The van der Waals surface area contributed by atoms with Crippen LogP contribution in [-0.4, -0.2) is 43.6 Å². The number of rotatable bonds is 8. The number of esters is 1. The van der Waals surface area contributed by atoms with E-state index in [9.17, 15) is 22.8 Å². The Bertz CT molecular complexity index is 1150. The summed E-state index contributed by atoms with van der Waals surface area (Å²) >= 11 is 1.27. The van der Waals surface area contributed by atoms with E-state index >= 15 is 0 Å². The molecule has 1 aliphatic heterocycles. The van der Waals surface area contributed by atoms with Gasteiger partial charge in [0, 0.05) is 16.6 Å². The van der Waals surface area contributed by atoms with E-state index in [0.29, 0.717) is 11.4 Å². The van der Waals surface area contributed by atoms with Crippen LogP contribution >= 0.6 is 11.8 Å². The molecule has 3 rings (SSSR count). The zero-order valence-corrected chi connectivity index (χ0v) is 20.0. The minimum atomic E-state index is -3.64. The number of amides is 2. The van der Waals surface area contributed by atoms with Crippen molar-refractivity contribution in [3.63, 3.8) is 0 Å². The quantitative estimate of drug-likeness (QED) is 0.484. The van der Waals surface area contributed by atoms with Crippen molar-refractivity contribution in [2.45, 2.75) is 54.4 Å². The van der Waals surface area contributed by atoms with Crippen molar-refractivity contribution >= 4 is 50.9 Å². The predicted octanol–water partition coefficient (Wildman–Crippen LogP) is 2.75. The Morgan fingerprint density at radius 1 is 1.09 bits per heavy atom. The number of benzene rings is 2. The fourth-order valence-corrected chi connectivity index (χ4v) is 5.36. The van der Waals surface area contributed by atoms with Crippen molar-refractivity contribution in [2.75, 3.05) is 10.6 Å². The van der Waals surface area contributed by atoms with Crippen LogP contribution in [0.4, 0.5) is 11.4 Å². The van der Waals surface area contributed by atoms with E-state index in [-0.39, 0.29) is 23.3 Å². The molecule has 176 valence electrons. The standard InChI is InChI=1S/C22H25N3O6S2/c1-13(2)25-33(29,30)16-10-8-15(9-11-16)23-21(27)14(3)31-20(26)12-19-22(28)24-17-6-4-5-7-18(17)32-19/h4-11,13-14,19,25H,12H2,1-3H3,(H,23,27)(H,24,28)/t14-,19+/m0/s1. The molecule has 1 heterocycles. The molecule has 2 atom stereocenters. The molecule has 3 N–H and O–H groups in total. The maximum Gasteiger partial charge on any atom is 0.308 e. The summed E-state index contributed by atoms with van der Waals surface area (Å²) in [5, 5.41) is 4.68. The third-order valence-electron chi connectivity index (χ3n) is 4.56. The lowest BCUT2D eigenvalue weighted by molar-refractivity contribution is -0.153. The largest absolute Gasteiger partial charge is 0.452 e. The van der Waals surface area contributed by atoms with Crippen LogP contribution in [0.1, 0.15) is 27.2 Å². The number of anilines is 2. The molecular weight excluding hydrogens is 466 g/mol. The Balaban J connectivity index is 1.53. The highest BCUT2D eigenvalue weighted by Gasteiger charge is 2.30. The number of fused-ring (bicyclic) bond motifs is 1. The number of para-hydroxylation sites is 1. The zero-order chi connectivity index (χ0) is 24.2. The molecule has 33 heavy (non-hydrogen) atoms. The van der Waals surface area contributed by atoms with Gasteiger partial charge in [-0.05, 0) is 57.2 Å². The van der Waals surface area contributed by atoms with Gasteiger partial charge in [-0.3, -0.25) is 14.4 Å². The molecule has 0 saturated carbocycles. The number of hydrogen-bond acceptors (Lipinski definition) is 7. The highest BCUT2D eigenvalue weighted by molar-refractivity contribution is 8.01. The van der Waals surface area contributed by atoms with E-state index in [2.05, 4.69) is 15.4 Å². The third-order valence-corrected chi connectivity index (χ3v) is 7.51. The first kappa shape index (κ1) is 24.7. The Morgan fingerprint density at radius 3 is 2.42 bits per heavy atom. The van der Waals surface area contributed by atoms with E-state index in [4.69, 9.17) is 4.74 Å². The molecule has 0 aromatic heterocycles. The van der Waals surface area contributed by atoms with Crippen LogP contribution in [0.25, 0.3) is 0 Å². The average Bonchev–Trinajstić information content (AvgIpc) is 2.73. The maximum atomic E-state index is 12.4. The van der Waals surface area contributed by atoms with Gasteiger partial charge >= 0.3 is 5.97 Å². The summed E-state index contributed by atoms with van der Waals surface area (Å²) in [6, 6.07) is 12.7. The van der Waals surface area contributed by atoms with Crippen LogP contribution in [0, 0.1) is 0 Å². The molecule has 1 aliphatic rings. The monoisotopic (exact) mass is 491 g/mol. The fraction of sp³-hybridized carbons (Fsp3) is 0.318. The second-order valence-electron chi connectivity index (χ2n) is 7.72. The first-order valence-corrected chi connectivity index (χ1v) is 12.6. The number of carbonyl (C=O) groups excluding carboxylic acids is 3. The molecule has 0 fully saturated rings. The van der Waals surface area contributed by atoms with Gasteiger partial charge in [-0.2, -0.15) is 0 Å². The first-order chi connectivity index (χ1) is 15.5. The summed E-state index contributed by atoms with van der Waals surface area (Å²) in [4.78, 5) is 37.9. The van der Waals surface area contributed by atoms with Gasteiger partial charge in [0.2, 0.25) is 15.9 Å². The Kier molecular flexibility index (Phi) is 7.77. The first-order valence-electron chi connectivity index (χ1n) is 10.2. The molecule has 0 aliphatic carbocycles. The van der Waals surface area contributed by atoms with Gasteiger partial charge in [-0.1, -0.05) is 12.1 Å². The number of nitrogens with one attached hydrogen (secondary N) is 3. The van der Waals surface area contributed by atoms with Gasteiger partial charge in [0.1, 0.15) is 0 Å². The van der Waals surface area contributed by atoms with Crippen molar-refractivity contribution in [2.24, 2.45) is 0 Å². The molecular formula is C22H25N3O6S2. The highest BCUT2D eigenvalue weighted by Crippen LogP contribution is 2.36. The van der Waals surface area contributed by atoms with Crippen LogP contribution in [0.5, 0.6) is 0 Å². The van der Waals surface area contributed by atoms with E-state index < -0.39 is 33.3 Å². The van der Waals surface area contributed by atoms with Crippen molar-refractivity contribution in [1.29, 1.82) is 0 Å². The molecule has 2 amide bonds. The molecule has 0 bridgehead atoms. The van der Waals surface area contributed by atoms with Crippen LogP contribution in [0.15, 0.2) is 58.3 Å². The highest BCUT2D eigenvalue weighted by atomic mass is 32.2. The van der Waals surface area contributed by atoms with Gasteiger partial charge < -0.3 is 15.4 Å². The van der Waals surface area contributed by atoms with Crippen molar-refractivity contribution in [1.82, 2.24) is 4.72 Å². The molecule has 0 radical (unpaired) electrons. The SMILES string of the molecule is CC(C)NS(=O)(=O)c1ccc(NC(=O)[C@H](C)OC(=O)C[C@H]2Sc3ccccc3NC2=O)cc1. The van der Waals surface area contributed by atoms with E-state index in [1.54, 1.807) is 19.9 Å². The van der Waals surface area contributed by atoms with Gasteiger partial charge in [0.25, 0.3) is 5.91 Å². The summed E-state index contributed by atoms with van der Waals surface area (Å²) in [5.41, 5.74) is 1.05. The Hall–Kier alpha value is -2.89. The second kappa shape index (κ2) is 10.4. The topological polar surface area (TPSA) is 131 Å². The van der Waals surface area contributed by atoms with Crippen LogP contribution in [-0.2, 0) is 29.1 Å². The molecule has 9 nitrogen and oxygen atoms in total. The lowest BCUT2D eigenvalue weighted by Crippen LogP contribution is -2.34. The number of carbonyl (C=O) groups is 3. The van der Waals surface area contributed by atoms with Gasteiger partial charge in [-0.15, -0.1) is 11.8 Å². The third kappa shape index (κ3) is 6.56. The van der Waals surface area contributed by atoms with Crippen LogP contribution in [0.3, 0.4) is 0 Å². The van der Waals surface area contributed by atoms with Gasteiger partial charge in [0.15, 0.2) is 6.10 Å². The van der Waals surface area contributed by atoms with Gasteiger partial charge in [0.05, 0.1) is 22.3 Å². The number of ether oxygens (including phenoxy) is 1. The summed E-state index contributed by atoms with van der Waals surface area (Å²) in [5.74, 6) is -1.55. The number of sulfonamides is 1. The van der Waals surface area contributed by atoms with E-state index in [0.717, 1.165) is 4.90 Å². The second-order valence-corrected chi connectivity index (χ2v) is 10.7. The lowest BCUT2D eigenvalue weighted by Gasteiger charge is -2.23. The zero-order valence-electron chi connectivity index (χ0n) is 18.3. The molecule has 11 heteroatoms. The van der Waals surface area contributed by atoms with Crippen molar-refractivity contribution in [3.05, 3.63) is 48.5 Å². The minimum absolute atomic E-state index is 0.0681. The normalized spacial score (nSPS) is 16.5. The molecule has 0 saturated heterocycles. The fourth-order valence-electron chi connectivity index (χ4n) is 3.02. The minimum Gasteiger partial charge on any atom is -0.452 e. The predicted molar refractivity (Wildman–Crippen MR) is 125 cm³/mol. The molecule has 2 aromatic rings. The van der Waals surface area contributed by atoms with E-state index in [1.165, 1.54) is 43.0 Å². The van der Waals surface area contributed by atoms with Crippen LogP contribution in [0.2, 0.25) is 0 Å². The van der Waals surface area contributed by atoms with Crippen molar-refractivity contribution in [3.8, 4) is 0 Å². The van der Waals surface area contributed by atoms with Gasteiger partial charge in [-0.25, -0.2) is 13.1 Å². The average molecular weight is 492 g/mol. The Labute approximate surface area is 196 Å². The maximum absolute atomic E-state index is 12.4. The molecule has 0 spiro atoms. The van der Waals surface area contributed by atoms with Crippen LogP contribution < -0.4 is 15.4 Å². The van der Waals surface area contributed by atoms with Crippen molar-refractivity contribution < 1.29 is 27.5 Å². The smallest absolute Gasteiger partial charge is 0.308 e. The molecule has 0 unspecified atom stereocenters. The summed E-state index contributed by atoms with van der Waals surface area (Å²) in [6.45, 7) is 4.85.